The number of sulfonamides is 1. The van der Waals surface area contributed by atoms with Gasteiger partial charge in [-0.05, 0) is 19.3 Å². The molecule has 0 unspecified atom stereocenters. The zero-order valence-corrected chi connectivity index (χ0v) is 8.76. The number of nitrogens with zero attached hydrogens (tertiary/aromatic N) is 1. The SMILES string of the molecule is CCS(=O)(=O)N1CC[C@@H]1C(C)C. The highest BCUT2D eigenvalue weighted by Crippen LogP contribution is 2.27. The molecule has 1 aliphatic rings. The van der Waals surface area contributed by atoms with Crippen LogP contribution in [-0.4, -0.2) is 31.1 Å². The van der Waals surface area contributed by atoms with Crippen molar-refractivity contribution in [2.45, 2.75) is 33.2 Å². The van der Waals surface area contributed by atoms with Crippen LogP contribution in [0.15, 0.2) is 0 Å². The zero-order valence-electron chi connectivity index (χ0n) is 7.95. The lowest BCUT2D eigenvalue weighted by Crippen LogP contribution is -2.53. The van der Waals surface area contributed by atoms with E-state index in [1.165, 1.54) is 0 Å². The minimum atomic E-state index is -2.92. The second kappa shape index (κ2) is 3.34. The Morgan fingerprint density at radius 2 is 2.08 bits per heavy atom. The summed E-state index contributed by atoms with van der Waals surface area (Å²) in [4.78, 5) is 0. The van der Waals surface area contributed by atoms with Crippen LogP contribution in [0.3, 0.4) is 0 Å². The van der Waals surface area contributed by atoms with Gasteiger partial charge in [0.2, 0.25) is 10.0 Å². The maximum atomic E-state index is 11.4. The van der Waals surface area contributed by atoms with Gasteiger partial charge in [0.15, 0.2) is 0 Å². The number of hydrogen-bond donors (Lipinski definition) is 0. The van der Waals surface area contributed by atoms with E-state index >= 15 is 0 Å². The summed E-state index contributed by atoms with van der Waals surface area (Å²) in [6, 6.07) is 0.259. The van der Waals surface area contributed by atoms with Gasteiger partial charge in [-0.25, -0.2) is 8.42 Å². The van der Waals surface area contributed by atoms with Crippen molar-refractivity contribution in [3.63, 3.8) is 0 Å². The molecule has 1 fully saturated rings. The smallest absolute Gasteiger partial charge is 0.212 e. The highest BCUT2D eigenvalue weighted by atomic mass is 32.2. The minimum absolute atomic E-state index is 0.232. The Bertz CT molecular complexity index is 246. The van der Waals surface area contributed by atoms with Crippen LogP contribution in [0.5, 0.6) is 0 Å². The average Bonchev–Trinajstić information content (AvgIpc) is 1.82. The molecule has 3 nitrogen and oxygen atoms in total. The monoisotopic (exact) mass is 191 g/mol. The molecule has 0 amide bonds. The Kier molecular flexibility index (Phi) is 2.78. The molecule has 0 radical (unpaired) electrons. The van der Waals surface area contributed by atoms with Crippen LogP contribution in [0.1, 0.15) is 27.2 Å². The molecule has 12 heavy (non-hydrogen) atoms. The molecule has 0 bridgehead atoms. The van der Waals surface area contributed by atoms with Crippen LogP contribution < -0.4 is 0 Å². The Morgan fingerprint density at radius 1 is 1.50 bits per heavy atom. The molecule has 0 N–H and O–H groups in total. The second-order valence-electron chi connectivity index (χ2n) is 3.61. The van der Waals surface area contributed by atoms with Crippen LogP contribution in [0.4, 0.5) is 0 Å². The van der Waals surface area contributed by atoms with Gasteiger partial charge in [0.1, 0.15) is 0 Å². The van der Waals surface area contributed by atoms with E-state index in [0.29, 0.717) is 5.92 Å². The first-order chi connectivity index (χ1) is 5.49. The molecule has 1 saturated heterocycles. The molecule has 0 saturated carbocycles. The Hall–Kier alpha value is -0.0900. The Balaban J connectivity index is 2.67. The normalized spacial score (nSPS) is 25.8. The van der Waals surface area contributed by atoms with Crippen molar-refractivity contribution in [1.29, 1.82) is 0 Å². The molecule has 72 valence electrons. The molecular weight excluding hydrogens is 174 g/mol. The van der Waals surface area contributed by atoms with Crippen molar-refractivity contribution in [2.24, 2.45) is 5.92 Å². The molecule has 0 spiro atoms. The first kappa shape index (κ1) is 9.99. The lowest BCUT2D eigenvalue weighted by atomic mass is 9.95. The maximum Gasteiger partial charge on any atom is 0.214 e. The molecule has 1 heterocycles. The van der Waals surface area contributed by atoms with E-state index in [-0.39, 0.29) is 11.8 Å². The third kappa shape index (κ3) is 1.64. The molecular formula is C8H17NO2S. The summed E-state index contributed by atoms with van der Waals surface area (Å²) >= 11 is 0. The number of hydrogen-bond acceptors (Lipinski definition) is 2. The van der Waals surface area contributed by atoms with E-state index in [1.807, 2.05) is 0 Å². The van der Waals surface area contributed by atoms with Crippen molar-refractivity contribution < 1.29 is 8.42 Å². The molecule has 0 aliphatic carbocycles. The predicted molar refractivity (Wildman–Crippen MR) is 49.4 cm³/mol. The molecule has 1 atom stereocenters. The van der Waals surface area contributed by atoms with Crippen LogP contribution in [0.2, 0.25) is 0 Å². The fourth-order valence-corrected chi connectivity index (χ4v) is 3.04. The minimum Gasteiger partial charge on any atom is -0.212 e. The summed E-state index contributed by atoms with van der Waals surface area (Å²) < 4.78 is 24.5. The summed E-state index contributed by atoms with van der Waals surface area (Å²) in [5, 5.41) is 0. The molecule has 0 aromatic rings. The maximum absolute atomic E-state index is 11.4. The van der Waals surface area contributed by atoms with Gasteiger partial charge in [-0.3, -0.25) is 0 Å². The van der Waals surface area contributed by atoms with E-state index in [0.717, 1.165) is 13.0 Å². The topological polar surface area (TPSA) is 37.4 Å². The van der Waals surface area contributed by atoms with Gasteiger partial charge >= 0.3 is 0 Å². The van der Waals surface area contributed by atoms with Crippen LogP contribution in [-0.2, 0) is 10.0 Å². The zero-order chi connectivity index (χ0) is 9.35. The first-order valence-electron chi connectivity index (χ1n) is 4.48. The van der Waals surface area contributed by atoms with Gasteiger partial charge in [0, 0.05) is 12.6 Å². The second-order valence-corrected chi connectivity index (χ2v) is 5.82. The summed E-state index contributed by atoms with van der Waals surface area (Å²) in [6.45, 7) is 6.56. The van der Waals surface area contributed by atoms with Gasteiger partial charge in [0.25, 0.3) is 0 Å². The summed E-state index contributed by atoms with van der Waals surface area (Å²) in [7, 11) is -2.92. The van der Waals surface area contributed by atoms with E-state index in [4.69, 9.17) is 0 Å². The highest BCUT2D eigenvalue weighted by molar-refractivity contribution is 7.89. The third-order valence-corrected chi connectivity index (χ3v) is 4.40. The van der Waals surface area contributed by atoms with Crippen molar-refractivity contribution >= 4 is 10.0 Å². The first-order valence-corrected chi connectivity index (χ1v) is 6.09. The van der Waals surface area contributed by atoms with Crippen molar-refractivity contribution in [1.82, 2.24) is 4.31 Å². The Morgan fingerprint density at radius 3 is 2.33 bits per heavy atom. The van der Waals surface area contributed by atoms with Gasteiger partial charge in [-0.15, -0.1) is 0 Å². The van der Waals surface area contributed by atoms with Gasteiger partial charge in [-0.1, -0.05) is 13.8 Å². The van der Waals surface area contributed by atoms with Crippen molar-refractivity contribution in [3.05, 3.63) is 0 Å². The van der Waals surface area contributed by atoms with Gasteiger partial charge in [0.05, 0.1) is 5.75 Å². The quantitative estimate of drug-likeness (QED) is 0.669. The Labute approximate surface area is 74.8 Å². The molecule has 1 rings (SSSR count). The summed E-state index contributed by atoms with van der Waals surface area (Å²) in [6.07, 6.45) is 1.02. The lowest BCUT2D eigenvalue weighted by molar-refractivity contribution is 0.151. The molecule has 1 aliphatic heterocycles. The standard InChI is InChI=1S/C8H17NO2S/c1-4-12(10,11)9-6-5-8(9)7(2)3/h7-8H,4-6H2,1-3H3/t8-/m1/s1. The van der Waals surface area contributed by atoms with Gasteiger partial charge < -0.3 is 0 Å². The van der Waals surface area contributed by atoms with E-state index in [2.05, 4.69) is 13.8 Å². The van der Waals surface area contributed by atoms with E-state index in [1.54, 1.807) is 11.2 Å². The molecule has 0 aromatic carbocycles. The average molecular weight is 191 g/mol. The summed E-state index contributed by atoms with van der Waals surface area (Å²) in [5.41, 5.74) is 0. The largest absolute Gasteiger partial charge is 0.214 e. The fourth-order valence-electron chi connectivity index (χ4n) is 1.56. The molecule has 0 aromatic heterocycles. The summed E-state index contributed by atoms with van der Waals surface area (Å²) in [5.74, 6) is 0.677. The van der Waals surface area contributed by atoms with Crippen LogP contribution in [0, 0.1) is 5.92 Å². The fraction of sp³-hybridized carbons (Fsp3) is 1.00. The van der Waals surface area contributed by atoms with Crippen molar-refractivity contribution in [2.75, 3.05) is 12.3 Å². The van der Waals surface area contributed by atoms with E-state index < -0.39 is 10.0 Å². The van der Waals surface area contributed by atoms with Crippen LogP contribution in [0.25, 0.3) is 0 Å². The molecule has 4 heteroatoms. The van der Waals surface area contributed by atoms with Crippen LogP contribution >= 0.6 is 0 Å². The van der Waals surface area contributed by atoms with Crippen molar-refractivity contribution in [3.8, 4) is 0 Å². The third-order valence-electron chi connectivity index (χ3n) is 2.51. The predicted octanol–water partition coefficient (Wildman–Crippen LogP) is 1.07. The number of rotatable bonds is 3. The van der Waals surface area contributed by atoms with E-state index in [9.17, 15) is 8.42 Å². The lowest BCUT2D eigenvalue weighted by Gasteiger charge is -2.42. The highest BCUT2D eigenvalue weighted by Gasteiger charge is 2.37. The van der Waals surface area contributed by atoms with Gasteiger partial charge in [-0.2, -0.15) is 4.31 Å².